The molecule has 6 heteroatoms. The van der Waals surface area contributed by atoms with Gasteiger partial charge in [0.05, 0.1) is 18.1 Å². The standard InChI is InChI=1S/C14H20FN3OS/c1-9(5-6-17(2)3)18-12-8-13(19-4)10(15)7-11(12)16-14(18)20/h7-9H,5-6H2,1-4H3,(H,16,20). The number of imidazole rings is 1. The number of hydrogen-bond acceptors (Lipinski definition) is 3. The highest BCUT2D eigenvalue weighted by molar-refractivity contribution is 7.71. The van der Waals surface area contributed by atoms with Gasteiger partial charge in [-0.1, -0.05) is 0 Å². The van der Waals surface area contributed by atoms with Crippen LogP contribution in [0, 0.1) is 10.6 Å². The Balaban J connectivity index is 2.47. The van der Waals surface area contributed by atoms with Crippen LogP contribution in [0.2, 0.25) is 0 Å². The third-order valence-electron chi connectivity index (χ3n) is 3.42. The zero-order valence-electron chi connectivity index (χ0n) is 12.2. The smallest absolute Gasteiger partial charge is 0.178 e. The number of benzene rings is 1. The van der Waals surface area contributed by atoms with E-state index in [1.54, 1.807) is 6.07 Å². The molecular formula is C14H20FN3OS. The molecule has 0 fully saturated rings. The maximum absolute atomic E-state index is 13.7. The first-order chi connectivity index (χ1) is 9.43. The van der Waals surface area contributed by atoms with Gasteiger partial charge in [0.15, 0.2) is 16.3 Å². The number of rotatable bonds is 5. The summed E-state index contributed by atoms with van der Waals surface area (Å²) in [5.41, 5.74) is 1.57. The summed E-state index contributed by atoms with van der Waals surface area (Å²) in [5.74, 6) is -0.149. The molecule has 2 aromatic rings. The minimum Gasteiger partial charge on any atom is -0.494 e. The van der Waals surface area contributed by atoms with Crippen LogP contribution in [-0.4, -0.2) is 42.2 Å². The zero-order chi connectivity index (χ0) is 14.9. The first-order valence-electron chi connectivity index (χ1n) is 6.56. The number of nitrogens with one attached hydrogen (secondary N) is 1. The van der Waals surface area contributed by atoms with Crippen LogP contribution >= 0.6 is 12.2 Å². The van der Waals surface area contributed by atoms with Crippen LogP contribution in [0.4, 0.5) is 4.39 Å². The van der Waals surface area contributed by atoms with Gasteiger partial charge in [-0.15, -0.1) is 0 Å². The number of methoxy groups -OCH3 is 1. The number of fused-ring (bicyclic) bond motifs is 1. The zero-order valence-corrected chi connectivity index (χ0v) is 13.1. The number of nitrogens with zero attached hydrogens (tertiary/aromatic N) is 2. The lowest BCUT2D eigenvalue weighted by Gasteiger charge is -2.17. The highest BCUT2D eigenvalue weighted by atomic mass is 32.1. The molecule has 0 saturated heterocycles. The molecule has 1 aromatic carbocycles. The Kier molecular flexibility index (Phi) is 4.45. The van der Waals surface area contributed by atoms with Crippen LogP contribution in [0.25, 0.3) is 11.0 Å². The van der Waals surface area contributed by atoms with Crippen LogP contribution < -0.4 is 4.74 Å². The molecule has 4 nitrogen and oxygen atoms in total. The van der Waals surface area contributed by atoms with Crippen molar-refractivity contribution in [1.82, 2.24) is 14.5 Å². The van der Waals surface area contributed by atoms with Crippen molar-refractivity contribution in [3.63, 3.8) is 0 Å². The van der Waals surface area contributed by atoms with Gasteiger partial charge in [-0.25, -0.2) is 4.39 Å². The fourth-order valence-electron chi connectivity index (χ4n) is 2.30. The molecule has 0 spiro atoms. The second-order valence-electron chi connectivity index (χ2n) is 5.25. The summed E-state index contributed by atoms with van der Waals surface area (Å²) in [7, 11) is 5.55. The Labute approximate surface area is 123 Å². The van der Waals surface area contributed by atoms with Gasteiger partial charge in [-0.05, 0) is 46.2 Å². The van der Waals surface area contributed by atoms with E-state index in [1.807, 2.05) is 18.7 Å². The van der Waals surface area contributed by atoms with Gasteiger partial charge in [0, 0.05) is 18.2 Å². The summed E-state index contributed by atoms with van der Waals surface area (Å²) >= 11 is 5.36. The van der Waals surface area contributed by atoms with Gasteiger partial charge in [0.25, 0.3) is 0 Å². The molecule has 1 atom stereocenters. The summed E-state index contributed by atoms with van der Waals surface area (Å²) in [6, 6.07) is 3.36. The summed E-state index contributed by atoms with van der Waals surface area (Å²) < 4.78 is 21.4. The largest absolute Gasteiger partial charge is 0.494 e. The highest BCUT2D eigenvalue weighted by Gasteiger charge is 2.14. The predicted molar refractivity (Wildman–Crippen MR) is 81.5 cm³/mol. The third kappa shape index (κ3) is 2.86. The summed E-state index contributed by atoms with van der Waals surface area (Å²) in [6.07, 6.45) is 0.966. The molecule has 1 heterocycles. The minimum atomic E-state index is -0.385. The van der Waals surface area contributed by atoms with E-state index in [-0.39, 0.29) is 17.6 Å². The van der Waals surface area contributed by atoms with Gasteiger partial charge in [-0.3, -0.25) is 0 Å². The molecular weight excluding hydrogens is 277 g/mol. The van der Waals surface area contributed by atoms with Crippen LogP contribution in [0.15, 0.2) is 12.1 Å². The molecule has 0 aliphatic carbocycles. The molecule has 0 bridgehead atoms. The SMILES string of the molecule is COc1cc2c(cc1F)[nH]c(=S)n2C(C)CCN(C)C. The molecule has 0 saturated carbocycles. The van der Waals surface area contributed by atoms with Crippen molar-refractivity contribution in [2.75, 3.05) is 27.7 Å². The van der Waals surface area contributed by atoms with E-state index in [4.69, 9.17) is 17.0 Å². The summed E-state index contributed by atoms with van der Waals surface area (Å²) in [4.78, 5) is 5.19. The summed E-state index contributed by atoms with van der Waals surface area (Å²) in [6.45, 7) is 3.08. The number of ether oxygens (including phenoxy) is 1. The molecule has 1 aromatic heterocycles. The van der Waals surface area contributed by atoms with Crippen molar-refractivity contribution in [1.29, 1.82) is 0 Å². The quantitative estimate of drug-likeness (QED) is 0.859. The maximum Gasteiger partial charge on any atom is 0.178 e. The van der Waals surface area contributed by atoms with E-state index in [9.17, 15) is 4.39 Å². The van der Waals surface area contributed by atoms with Crippen molar-refractivity contribution >= 4 is 23.3 Å². The van der Waals surface area contributed by atoms with Crippen LogP contribution in [0.5, 0.6) is 5.75 Å². The van der Waals surface area contributed by atoms with Gasteiger partial charge >= 0.3 is 0 Å². The lowest BCUT2D eigenvalue weighted by molar-refractivity contribution is 0.359. The van der Waals surface area contributed by atoms with Crippen LogP contribution in [0.1, 0.15) is 19.4 Å². The van der Waals surface area contributed by atoms with E-state index in [0.29, 0.717) is 10.3 Å². The van der Waals surface area contributed by atoms with E-state index >= 15 is 0 Å². The lowest BCUT2D eigenvalue weighted by atomic mass is 10.2. The Morgan fingerprint density at radius 1 is 1.45 bits per heavy atom. The fourth-order valence-corrected chi connectivity index (χ4v) is 2.68. The lowest BCUT2D eigenvalue weighted by Crippen LogP contribution is -2.17. The van der Waals surface area contributed by atoms with Crippen molar-refractivity contribution in [2.24, 2.45) is 0 Å². The average molecular weight is 297 g/mol. The first-order valence-corrected chi connectivity index (χ1v) is 6.97. The Hall–Kier alpha value is -1.40. The fraction of sp³-hybridized carbons (Fsp3) is 0.500. The number of aromatic amines is 1. The number of H-pyrrole nitrogens is 1. The molecule has 0 aliphatic heterocycles. The second kappa shape index (κ2) is 5.93. The monoisotopic (exact) mass is 297 g/mol. The number of hydrogen-bond donors (Lipinski definition) is 1. The molecule has 2 rings (SSSR count). The Morgan fingerprint density at radius 2 is 2.15 bits per heavy atom. The number of halogens is 1. The van der Waals surface area contributed by atoms with E-state index < -0.39 is 0 Å². The Morgan fingerprint density at radius 3 is 2.75 bits per heavy atom. The van der Waals surface area contributed by atoms with Crippen molar-refractivity contribution in [3.8, 4) is 5.75 Å². The summed E-state index contributed by atoms with van der Waals surface area (Å²) in [5, 5.41) is 0. The maximum atomic E-state index is 13.7. The Bertz CT molecular complexity index is 662. The highest BCUT2D eigenvalue weighted by Crippen LogP contribution is 2.27. The van der Waals surface area contributed by atoms with E-state index in [1.165, 1.54) is 13.2 Å². The van der Waals surface area contributed by atoms with Crippen molar-refractivity contribution in [3.05, 3.63) is 22.7 Å². The second-order valence-corrected chi connectivity index (χ2v) is 5.63. The molecule has 1 unspecified atom stereocenters. The molecule has 0 aliphatic rings. The molecule has 0 radical (unpaired) electrons. The van der Waals surface area contributed by atoms with Crippen LogP contribution in [-0.2, 0) is 0 Å². The third-order valence-corrected chi connectivity index (χ3v) is 3.72. The molecule has 110 valence electrons. The average Bonchev–Trinajstić information content (AvgIpc) is 2.69. The van der Waals surface area contributed by atoms with Crippen molar-refractivity contribution in [2.45, 2.75) is 19.4 Å². The van der Waals surface area contributed by atoms with E-state index in [2.05, 4.69) is 16.8 Å². The van der Waals surface area contributed by atoms with Gasteiger partial charge in [-0.2, -0.15) is 0 Å². The minimum absolute atomic E-state index is 0.230. The van der Waals surface area contributed by atoms with Gasteiger partial charge in [0.2, 0.25) is 0 Å². The first kappa shape index (κ1) is 15.0. The van der Waals surface area contributed by atoms with E-state index in [0.717, 1.165) is 18.5 Å². The molecule has 20 heavy (non-hydrogen) atoms. The van der Waals surface area contributed by atoms with Crippen molar-refractivity contribution < 1.29 is 9.13 Å². The molecule has 1 N–H and O–H groups in total. The predicted octanol–water partition coefficient (Wildman–Crippen LogP) is 3.36. The van der Waals surface area contributed by atoms with Crippen LogP contribution in [0.3, 0.4) is 0 Å². The topological polar surface area (TPSA) is 33.2 Å². The van der Waals surface area contributed by atoms with Gasteiger partial charge in [0.1, 0.15) is 0 Å². The van der Waals surface area contributed by atoms with Gasteiger partial charge < -0.3 is 19.2 Å². The normalized spacial score (nSPS) is 13.1. The number of aromatic nitrogens is 2. The molecule has 0 amide bonds.